The van der Waals surface area contributed by atoms with Gasteiger partial charge in [-0.2, -0.15) is 0 Å². The normalized spacial score (nSPS) is 12.1. The summed E-state index contributed by atoms with van der Waals surface area (Å²) < 4.78 is 2.35. The molecule has 0 unspecified atom stereocenters. The summed E-state index contributed by atoms with van der Waals surface area (Å²) in [7, 11) is 0. The van der Waals surface area contributed by atoms with Crippen LogP contribution in [0.5, 0.6) is 0 Å². The average molecular weight is 695 g/mol. The van der Waals surface area contributed by atoms with Crippen LogP contribution in [-0.2, 0) is 6.42 Å². The number of aromatic nitrogens is 3. The van der Waals surface area contributed by atoms with Crippen LogP contribution in [0.4, 0.5) is 17.1 Å². The van der Waals surface area contributed by atoms with Crippen molar-refractivity contribution in [3.63, 3.8) is 0 Å². The van der Waals surface area contributed by atoms with E-state index in [0.29, 0.717) is 0 Å². The lowest BCUT2D eigenvalue weighted by molar-refractivity contribution is 1.13. The number of hydrogen-bond acceptors (Lipinski definition) is 3. The molecule has 9 rings (SSSR count). The van der Waals surface area contributed by atoms with Crippen molar-refractivity contribution in [1.29, 1.82) is 0 Å². The highest BCUT2D eigenvalue weighted by Crippen LogP contribution is 2.38. The van der Waals surface area contributed by atoms with Crippen molar-refractivity contribution in [2.45, 2.75) is 13.3 Å². The van der Waals surface area contributed by atoms with Gasteiger partial charge in [-0.3, -0.25) is 9.97 Å². The fourth-order valence-electron chi connectivity index (χ4n) is 7.38. The number of pyridine rings is 2. The molecular formula is C50H38N4. The SMILES string of the molecule is C/C=c1/ccnc/c1=C/Cc1ccc(N(c2ccc(-c3ccc4ccncc4c3)cc2)c2ccc(-c3cc4ccccc4n3-c3ccccc3)cc2)cc1. The molecule has 258 valence electrons. The molecule has 3 heterocycles. The minimum absolute atomic E-state index is 0.826. The highest BCUT2D eigenvalue weighted by molar-refractivity contribution is 5.90. The van der Waals surface area contributed by atoms with Crippen LogP contribution < -0.4 is 15.3 Å². The van der Waals surface area contributed by atoms with Gasteiger partial charge in [0, 0.05) is 58.3 Å². The van der Waals surface area contributed by atoms with Gasteiger partial charge in [0.1, 0.15) is 0 Å². The van der Waals surface area contributed by atoms with Crippen LogP contribution in [0, 0.1) is 0 Å². The van der Waals surface area contributed by atoms with E-state index in [-0.39, 0.29) is 0 Å². The molecule has 0 radical (unpaired) electrons. The lowest BCUT2D eigenvalue weighted by atomic mass is 10.0. The summed E-state index contributed by atoms with van der Waals surface area (Å²) in [6, 6.07) is 58.9. The molecular weight excluding hydrogens is 657 g/mol. The molecule has 0 amide bonds. The average Bonchev–Trinajstić information content (AvgIpc) is 3.64. The first-order chi connectivity index (χ1) is 26.7. The van der Waals surface area contributed by atoms with Crippen molar-refractivity contribution in [2.24, 2.45) is 0 Å². The summed E-state index contributed by atoms with van der Waals surface area (Å²) in [6.07, 6.45) is 12.8. The Morgan fingerprint density at radius 2 is 1.17 bits per heavy atom. The van der Waals surface area contributed by atoms with E-state index in [2.05, 4.69) is 202 Å². The van der Waals surface area contributed by atoms with E-state index >= 15 is 0 Å². The minimum Gasteiger partial charge on any atom is -0.311 e. The zero-order chi connectivity index (χ0) is 36.3. The molecule has 6 aromatic carbocycles. The van der Waals surface area contributed by atoms with Crippen molar-refractivity contribution >= 4 is 50.9 Å². The van der Waals surface area contributed by atoms with E-state index in [1.807, 2.05) is 24.8 Å². The Balaban J connectivity index is 1.09. The number of nitrogens with zero attached hydrogens (tertiary/aromatic N) is 4. The molecule has 0 saturated heterocycles. The summed E-state index contributed by atoms with van der Waals surface area (Å²) in [5.74, 6) is 0. The van der Waals surface area contributed by atoms with Crippen LogP contribution in [0.15, 0.2) is 189 Å². The van der Waals surface area contributed by atoms with Gasteiger partial charge in [-0.15, -0.1) is 0 Å². The predicted octanol–water partition coefficient (Wildman–Crippen LogP) is 11.2. The second kappa shape index (κ2) is 14.5. The van der Waals surface area contributed by atoms with Gasteiger partial charge in [0.15, 0.2) is 0 Å². The number of para-hydroxylation sites is 2. The van der Waals surface area contributed by atoms with Crippen molar-refractivity contribution in [3.05, 3.63) is 205 Å². The van der Waals surface area contributed by atoms with Crippen LogP contribution in [0.1, 0.15) is 12.5 Å². The highest BCUT2D eigenvalue weighted by atomic mass is 15.1. The molecule has 0 saturated carbocycles. The van der Waals surface area contributed by atoms with Gasteiger partial charge in [0.05, 0.1) is 11.2 Å². The largest absolute Gasteiger partial charge is 0.311 e. The van der Waals surface area contributed by atoms with Gasteiger partial charge in [-0.1, -0.05) is 97.1 Å². The number of rotatable bonds is 8. The Morgan fingerprint density at radius 1 is 0.519 bits per heavy atom. The summed E-state index contributed by atoms with van der Waals surface area (Å²) in [5.41, 5.74) is 11.5. The minimum atomic E-state index is 0.826. The van der Waals surface area contributed by atoms with Crippen LogP contribution in [0.25, 0.3) is 61.9 Å². The maximum Gasteiger partial charge on any atom is 0.0541 e. The third kappa shape index (κ3) is 6.46. The standard InChI is InChI=1S/C50H38N4/c1-2-37-28-30-51-34-43(37)15-12-36-13-22-46(23-14-36)53(47-24-18-38(19-25-47)41-17-16-39-29-31-52-35-44(39)32-41)48-26-20-40(21-27-48)50-33-42-8-6-7-11-49(42)54(50)45-9-4-3-5-10-45/h2-11,13-35H,12H2,1H3/b37-2-,43-15-. The van der Waals surface area contributed by atoms with Gasteiger partial charge in [0.2, 0.25) is 0 Å². The maximum absolute atomic E-state index is 4.34. The van der Waals surface area contributed by atoms with E-state index < -0.39 is 0 Å². The topological polar surface area (TPSA) is 34.0 Å². The first-order valence-electron chi connectivity index (χ1n) is 18.4. The molecule has 4 nitrogen and oxygen atoms in total. The first kappa shape index (κ1) is 32.8. The second-order valence-corrected chi connectivity index (χ2v) is 13.5. The van der Waals surface area contributed by atoms with Crippen LogP contribution in [0.2, 0.25) is 0 Å². The molecule has 0 N–H and O–H groups in total. The van der Waals surface area contributed by atoms with Crippen LogP contribution >= 0.6 is 0 Å². The Labute approximate surface area is 315 Å². The predicted molar refractivity (Wildman–Crippen MR) is 226 cm³/mol. The molecule has 54 heavy (non-hydrogen) atoms. The number of fused-ring (bicyclic) bond motifs is 2. The van der Waals surface area contributed by atoms with E-state index in [4.69, 9.17) is 0 Å². The summed E-state index contributed by atoms with van der Waals surface area (Å²) in [5, 5.41) is 5.89. The van der Waals surface area contributed by atoms with Gasteiger partial charge in [-0.05, 0) is 130 Å². The molecule has 0 aliphatic rings. The maximum atomic E-state index is 4.34. The highest BCUT2D eigenvalue weighted by Gasteiger charge is 2.16. The van der Waals surface area contributed by atoms with E-state index in [9.17, 15) is 0 Å². The van der Waals surface area contributed by atoms with E-state index in [0.717, 1.165) is 51.0 Å². The lowest BCUT2D eigenvalue weighted by Crippen LogP contribution is -2.24. The number of anilines is 3. The van der Waals surface area contributed by atoms with Crippen molar-refractivity contribution in [1.82, 2.24) is 14.5 Å². The summed E-state index contributed by atoms with van der Waals surface area (Å²) >= 11 is 0. The molecule has 0 aliphatic carbocycles. The molecule has 0 atom stereocenters. The lowest BCUT2D eigenvalue weighted by Gasteiger charge is -2.26. The van der Waals surface area contributed by atoms with Gasteiger partial charge in [-0.25, -0.2) is 0 Å². The fourth-order valence-corrected chi connectivity index (χ4v) is 7.38. The van der Waals surface area contributed by atoms with E-state index in [1.54, 1.807) is 0 Å². The van der Waals surface area contributed by atoms with Crippen molar-refractivity contribution < 1.29 is 0 Å². The quantitative estimate of drug-likeness (QED) is 0.159. The van der Waals surface area contributed by atoms with Gasteiger partial charge < -0.3 is 9.47 Å². The Bertz CT molecular complexity index is 2840. The second-order valence-electron chi connectivity index (χ2n) is 13.5. The number of hydrogen-bond donors (Lipinski definition) is 0. The van der Waals surface area contributed by atoms with Gasteiger partial charge in [0.25, 0.3) is 0 Å². The Hall–Kier alpha value is -7.04. The first-order valence-corrected chi connectivity index (χ1v) is 18.4. The van der Waals surface area contributed by atoms with E-state index in [1.165, 1.54) is 38.2 Å². The molecule has 0 fully saturated rings. The molecule has 4 heteroatoms. The zero-order valence-corrected chi connectivity index (χ0v) is 30.0. The molecule has 0 bridgehead atoms. The molecule has 0 aliphatic heterocycles. The van der Waals surface area contributed by atoms with Crippen LogP contribution in [0.3, 0.4) is 0 Å². The molecule has 3 aromatic heterocycles. The number of benzene rings is 6. The van der Waals surface area contributed by atoms with Crippen LogP contribution in [-0.4, -0.2) is 14.5 Å². The third-order valence-corrected chi connectivity index (χ3v) is 10.2. The monoisotopic (exact) mass is 694 g/mol. The summed E-state index contributed by atoms with van der Waals surface area (Å²) in [6.45, 7) is 2.07. The Kier molecular flexibility index (Phi) is 8.84. The van der Waals surface area contributed by atoms with Crippen molar-refractivity contribution in [2.75, 3.05) is 4.90 Å². The Morgan fingerprint density at radius 3 is 1.93 bits per heavy atom. The zero-order valence-electron chi connectivity index (χ0n) is 30.0. The van der Waals surface area contributed by atoms with Gasteiger partial charge >= 0.3 is 0 Å². The van der Waals surface area contributed by atoms with Crippen molar-refractivity contribution in [3.8, 4) is 28.1 Å². The summed E-state index contributed by atoms with van der Waals surface area (Å²) in [4.78, 5) is 11.0. The molecule has 0 spiro atoms. The third-order valence-electron chi connectivity index (χ3n) is 10.2. The fraction of sp³-hybridized carbons (Fsp3) is 0.0400. The smallest absolute Gasteiger partial charge is 0.0541 e. The molecule has 9 aromatic rings.